The van der Waals surface area contributed by atoms with Crippen LogP contribution in [0.25, 0.3) is 0 Å². The summed E-state index contributed by atoms with van der Waals surface area (Å²) in [4.78, 5) is 4.31. The van der Waals surface area contributed by atoms with Crippen molar-refractivity contribution in [2.45, 2.75) is 16.1 Å². The molecule has 0 atom stereocenters. The highest BCUT2D eigenvalue weighted by molar-refractivity contribution is 7.99. The molecule has 0 aliphatic rings. The standard InChI is InChI=1S/C13H6ClF3N2S/c14-11-2-1-5-19-12(11)20-9-4-3-8(7-18)10(6-9)13(15,16)17/h1-6H. The third kappa shape index (κ3) is 3.24. The van der Waals surface area contributed by atoms with Crippen molar-refractivity contribution in [3.63, 3.8) is 0 Å². The zero-order valence-electron chi connectivity index (χ0n) is 9.78. The fourth-order valence-electron chi connectivity index (χ4n) is 1.48. The smallest absolute Gasteiger partial charge is 0.248 e. The fourth-order valence-corrected chi connectivity index (χ4v) is 2.53. The van der Waals surface area contributed by atoms with E-state index < -0.39 is 17.3 Å². The van der Waals surface area contributed by atoms with Gasteiger partial charge in [0.15, 0.2) is 0 Å². The van der Waals surface area contributed by atoms with E-state index in [9.17, 15) is 13.2 Å². The molecular weight excluding hydrogens is 309 g/mol. The summed E-state index contributed by atoms with van der Waals surface area (Å²) in [7, 11) is 0. The summed E-state index contributed by atoms with van der Waals surface area (Å²) in [6.45, 7) is 0. The molecule has 7 heteroatoms. The summed E-state index contributed by atoms with van der Waals surface area (Å²) in [6.07, 6.45) is -3.07. The van der Waals surface area contributed by atoms with Gasteiger partial charge in [-0.3, -0.25) is 0 Å². The zero-order valence-corrected chi connectivity index (χ0v) is 11.4. The molecule has 0 aliphatic carbocycles. The predicted octanol–water partition coefficient (Wildman–Crippen LogP) is 4.78. The Morgan fingerprint density at radius 3 is 2.60 bits per heavy atom. The van der Waals surface area contributed by atoms with Gasteiger partial charge in [-0.15, -0.1) is 0 Å². The number of rotatable bonds is 2. The van der Waals surface area contributed by atoms with Crippen LogP contribution < -0.4 is 0 Å². The number of nitriles is 1. The second kappa shape index (κ2) is 5.73. The van der Waals surface area contributed by atoms with Crippen LogP contribution in [0.2, 0.25) is 5.02 Å². The molecule has 1 aromatic carbocycles. The summed E-state index contributed by atoms with van der Waals surface area (Å²) in [5, 5.41) is 9.48. The molecule has 0 fully saturated rings. The van der Waals surface area contributed by atoms with Gasteiger partial charge in [0.2, 0.25) is 0 Å². The zero-order chi connectivity index (χ0) is 14.8. The molecule has 2 aromatic rings. The molecule has 0 N–H and O–H groups in total. The number of benzene rings is 1. The normalized spacial score (nSPS) is 11.2. The summed E-state index contributed by atoms with van der Waals surface area (Å²) in [6, 6.07) is 8.27. The van der Waals surface area contributed by atoms with Gasteiger partial charge in [-0.1, -0.05) is 23.4 Å². The van der Waals surface area contributed by atoms with Crippen molar-refractivity contribution in [3.8, 4) is 6.07 Å². The van der Waals surface area contributed by atoms with Gasteiger partial charge < -0.3 is 0 Å². The number of hydrogen-bond donors (Lipinski definition) is 0. The maximum Gasteiger partial charge on any atom is 0.417 e. The van der Waals surface area contributed by atoms with E-state index in [0.29, 0.717) is 14.9 Å². The van der Waals surface area contributed by atoms with Crippen molar-refractivity contribution in [1.82, 2.24) is 4.98 Å². The average molecular weight is 315 g/mol. The van der Waals surface area contributed by atoms with Crippen molar-refractivity contribution in [1.29, 1.82) is 5.26 Å². The Balaban J connectivity index is 2.40. The molecule has 0 amide bonds. The second-order valence-corrected chi connectivity index (χ2v) is 5.18. The molecule has 0 radical (unpaired) electrons. The third-order valence-corrected chi connectivity index (χ3v) is 3.78. The highest BCUT2D eigenvalue weighted by atomic mass is 35.5. The average Bonchev–Trinajstić information content (AvgIpc) is 2.40. The van der Waals surface area contributed by atoms with Crippen LogP contribution in [-0.4, -0.2) is 4.98 Å². The number of halogens is 4. The van der Waals surface area contributed by atoms with E-state index in [1.807, 2.05) is 0 Å². The van der Waals surface area contributed by atoms with Gasteiger partial charge in [-0.25, -0.2) is 4.98 Å². The Morgan fingerprint density at radius 2 is 2.00 bits per heavy atom. The minimum absolute atomic E-state index is 0.317. The van der Waals surface area contributed by atoms with E-state index in [2.05, 4.69) is 4.98 Å². The molecule has 2 nitrogen and oxygen atoms in total. The van der Waals surface area contributed by atoms with Gasteiger partial charge in [0.25, 0.3) is 0 Å². The number of nitrogens with zero attached hydrogens (tertiary/aromatic N) is 2. The van der Waals surface area contributed by atoms with Crippen molar-refractivity contribution in [2.75, 3.05) is 0 Å². The van der Waals surface area contributed by atoms with Gasteiger partial charge >= 0.3 is 6.18 Å². The van der Waals surface area contributed by atoms with Gasteiger partial charge in [-0.05, 0) is 30.3 Å². The summed E-state index contributed by atoms with van der Waals surface area (Å²) in [5.74, 6) is 0. The van der Waals surface area contributed by atoms with Gasteiger partial charge in [-0.2, -0.15) is 18.4 Å². The minimum Gasteiger partial charge on any atom is -0.248 e. The lowest BCUT2D eigenvalue weighted by molar-refractivity contribution is -0.137. The first-order chi connectivity index (χ1) is 9.41. The lowest BCUT2D eigenvalue weighted by Crippen LogP contribution is -2.07. The van der Waals surface area contributed by atoms with Crippen LogP contribution in [-0.2, 0) is 6.18 Å². The van der Waals surface area contributed by atoms with Gasteiger partial charge in [0, 0.05) is 11.1 Å². The topological polar surface area (TPSA) is 36.7 Å². The Bertz CT molecular complexity index is 680. The lowest BCUT2D eigenvalue weighted by atomic mass is 10.1. The quantitative estimate of drug-likeness (QED) is 0.800. The van der Waals surface area contributed by atoms with E-state index in [1.54, 1.807) is 12.1 Å². The molecule has 20 heavy (non-hydrogen) atoms. The Kier molecular flexibility index (Phi) is 4.21. The van der Waals surface area contributed by atoms with Crippen molar-refractivity contribution in [2.24, 2.45) is 0 Å². The van der Waals surface area contributed by atoms with Crippen molar-refractivity contribution >= 4 is 23.4 Å². The summed E-state index contributed by atoms with van der Waals surface area (Å²) >= 11 is 6.92. The fraction of sp³-hybridized carbons (Fsp3) is 0.0769. The van der Waals surface area contributed by atoms with E-state index >= 15 is 0 Å². The Hall–Kier alpha value is -1.71. The van der Waals surface area contributed by atoms with Crippen LogP contribution in [0, 0.1) is 11.3 Å². The number of hydrogen-bond acceptors (Lipinski definition) is 3. The van der Waals surface area contributed by atoms with Crippen molar-refractivity contribution in [3.05, 3.63) is 52.7 Å². The molecule has 0 unspecified atom stereocenters. The van der Waals surface area contributed by atoms with Gasteiger partial charge in [0.1, 0.15) is 5.03 Å². The summed E-state index contributed by atoms with van der Waals surface area (Å²) < 4.78 is 38.5. The van der Waals surface area contributed by atoms with Crippen LogP contribution >= 0.6 is 23.4 Å². The molecule has 2 rings (SSSR count). The van der Waals surface area contributed by atoms with E-state index in [1.165, 1.54) is 18.3 Å². The van der Waals surface area contributed by atoms with Gasteiger partial charge in [0.05, 0.1) is 22.2 Å². The van der Waals surface area contributed by atoms with Crippen LogP contribution in [0.4, 0.5) is 13.2 Å². The van der Waals surface area contributed by atoms with Crippen LogP contribution in [0.3, 0.4) is 0 Å². The first-order valence-electron chi connectivity index (χ1n) is 5.31. The maximum absolute atomic E-state index is 12.8. The van der Waals surface area contributed by atoms with E-state index in [0.717, 1.165) is 23.9 Å². The molecule has 102 valence electrons. The van der Waals surface area contributed by atoms with Crippen LogP contribution in [0.5, 0.6) is 0 Å². The molecule has 0 spiro atoms. The number of alkyl halides is 3. The molecule has 1 aromatic heterocycles. The predicted molar refractivity (Wildman–Crippen MR) is 69.5 cm³/mol. The number of aromatic nitrogens is 1. The maximum atomic E-state index is 12.8. The molecule has 1 heterocycles. The highest BCUT2D eigenvalue weighted by Gasteiger charge is 2.33. The molecule has 0 saturated heterocycles. The first kappa shape index (κ1) is 14.7. The van der Waals surface area contributed by atoms with E-state index in [-0.39, 0.29) is 0 Å². The Labute approximate surface area is 122 Å². The highest BCUT2D eigenvalue weighted by Crippen LogP contribution is 2.37. The molecular formula is C13H6ClF3N2S. The minimum atomic E-state index is -4.57. The van der Waals surface area contributed by atoms with E-state index in [4.69, 9.17) is 16.9 Å². The third-order valence-electron chi connectivity index (χ3n) is 2.36. The largest absolute Gasteiger partial charge is 0.417 e. The monoisotopic (exact) mass is 314 g/mol. The number of pyridine rings is 1. The first-order valence-corrected chi connectivity index (χ1v) is 6.51. The lowest BCUT2D eigenvalue weighted by Gasteiger charge is -2.10. The van der Waals surface area contributed by atoms with Crippen molar-refractivity contribution < 1.29 is 13.2 Å². The van der Waals surface area contributed by atoms with Crippen LogP contribution in [0.1, 0.15) is 11.1 Å². The Morgan fingerprint density at radius 1 is 1.25 bits per heavy atom. The molecule has 0 bridgehead atoms. The molecule has 0 saturated carbocycles. The second-order valence-electron chi connectivity index (χ2n) is 3.71. The molecule has 0 aliphatic heterocycles. The SMILES string of the molecule is N#Cc1ccc(Sc2ncccc2Cl)cc1C(F)(F)F. The van der Waals surface area contributed by atoms with Crippen LogP contribution in [0.15, 0.2) is 46.5 Å². The summed E-state index contributed by atoms with van der Waals surface area (Å²) in [5.41, 5.74) is -1.37.